The first-order valence-electron chi connectivity index (χ1n) is 6.57. The van der Waals surface area contributed by atoms with Gasteiger partial charge in [-0.1, -0.05) is 72.0 Å². The Bertz CT molecular complexity index is 779. The van der Waals surface area contributed by atoms with Gasteiger partial charge in [0.2, 0.25) is 0 Å². The lowest BCUT2D eigenvalue weighted by Gasteiger charge is -2.05. The number of nitro groups is 1. The number of hydrogen-bond donors (Lipinski definition) is 0. The van der Waals surface area contributed by atoms with Crippen LogP contribution in [0, 0.1) is 17.0 Å². The van der Waals surface area contributed by atoms with E-state index < -0.39 is 0 Å². The second-order valence-corrected chi connectivity index (χ2v) is 5.72. The fourth-order valence-corrected chi connectivity index (χ4v) is 3.57. The maximum atomic E-state index is 11.3. The van der Waals surface area contributed by atoms with Crippen molar-refractivity contribution in [2.45, 2.75) is 6.92 Å². The van der Waals surface area contributed by atoms with Gasteiger partial charge in [-0.25, -0.2) is 0 Å². The Morgan fingerprint density at radius 2 is 1.43 bits per heavy atom. The van der Waals surface area contributed by atoms with Crippen molar-refractivity contribution in [3.63, 3.8) is 0 Å². The van der Waals surface area contributed by atoms with E-state index in [9.17, 15) is 10.1 Å². The highest BCUT2D eigenvalue weighted by atomic mass is 32.1. The molecule has 1 aromatic heterocycles. The summed E-state index contributed by atoms with van der Waals surface area (Å²) in [6.45, 7) is 1.82. The van der Waals surface area contributed by atoms with Gasteiger partial charge in [-0.05, 0) is 18.1 Å². The Labute approximate surface area is 126 Å². The van der Waals surface area contributed by atoms with Crippen LogP contribution in [0.4, 0.5) is 5.00 Å². The molecule has 1 heterocycles. The third-order valence-corrected chi connectivity index (χ3v) is 4.68. The van der Waals surface area contributed by atoms with Crippen LogP contribution in [0.3, 0.4) is 0 Å². The lowest BCUT2D eigenvalue weighted by atomic mass is 9.99. The molecule has 3 nitrogen and oxygen atoms in total. The minimum absolute atomic E-state index is 0.215. The minimum atomic E-state index is -0.293. The second-order valence-electron chi connectivity index (χ2n) is 4.73. The summed E-state index contributed by atoms with van der Waals surface area (Å²) in [6.07, 6.45) is 0. The highest BCUT2D eigenvalue weighted by Gasteiger charge is 2.24. The van der Waals surface area contributed by atoms with Crippen molar-refractivity contribution in [3.05, 3.63) is 76.3 Å². The molecule has 0 fully saturated rings. The molecule has 0 spiro atoms. The van der Waals surface area contributed by atoms with E-state index in [4.69, 9.17) is 0 Å². The van der Waals surface area contributed by atoms with Crippen molar-refractivity contribution < 1.29 is 4.92 Å². The molecule has 3 aromatic rings. The fourth-order valence-electron chi connectivity index (χ4n) is 2.42. The Kier molecular flexibility index (Phi) is 3.54. The number of rotatable bonds is 3. The van der Waals surface area contributed by atoms with E-state index in [1.54, 1.807) is 0 Å². The Balaban J connectivity index is 2.29. The molecule has 0 amide bonds. The van der Waals surface area contributed by atoms with Gasteiger partial charge < -0.3 is 0 Å². The zero-order valence-corrected chi connectivity index (χ0v) is 12.3. The summed E-state index contributed by atoms with van der Waals surface area (Å²) in [5.74, 6) is 0. The van der Waals surface area contributed by atoms with Gasteiger partial charge in [0.15, 0.2) is 0 Å². The minimum Gasteiger partial charge on any atom is -0.258 e. The molecule has 21 heavy (non-hydrogen) atoms. The quantitative estimate of drug-likeness (QED) is 0.486. The van der Waals surface area contributed by atoms with Crippen LogP contribution >= 0.6 is 11.3 Å². The molecular weight excluding hydrogens is 282 g/mol. The van der Waals surface area contributed by atoms with E-state index in [1.807, 2.05) is 67.6 Å². The van der Waals surface area contributed by atoms with Crippen molar-refractivity contribution in [3.8, 4) is 21.6 Å². The van der Waals surface area contributed by atoms with Crippen molar-refractivity contribution in [2.75, 3.05) is 0 Å². The first kappa shape index (κ1) is 13.5. The van der Waals surface area contributed by atoms with Gasteiger partial charge in [0.1, 0.15) is 0 Å². The molecule has 0 aliphatic carbocycles. The predicted octanol–water partition coefficient (Wildman–Crippen LogP) is 5.30. The highest BCUT2D eigenvalue weighted by Crippen LogP contribution is 2.46. The van der Waals surface area contributed by atoms with E-state index in [-0.39, 0.29) is 9.92 Å². The normalized spacial score (nSPS) is 10.5. The lowest BCUT2D eigenvalue weighted by Crippen LogP contribution is -1.87. The molecule has 0 saturated carbocycles. The summed E-state index contributed by atoms with van der Waals surface area (Å²) >= 11 is 1.24. The average Bonchev–Trinajstić information content (AvgIpc) is 2.87. The molecule has 0 N–H and O–H groups in total. The van der Waals surface area contributed by atoms with Crippen LogP contribution in [0.25, 0.3) is 21.6 Å². The molecule has 0 radical (unpaired) electrons. The van der Waals surface area contributed by atoms with E-state index in [1.165, 1.54) is 11.3 Å². The SMILES string of the molecule is Cc1c([N+](=O)[O-])sc(-c2ccccc2)c1-c1ccccc1. The van der Waals surface area contributed by atoms with Crippen molar-refractivity contribution in [2.24, 2.45) is 0 Å². The molecule has 0 atom stereocenters. The molecule has 0 aliphatic rings. The van der Waals surface area contributed by atoms with Gasteiger partial charge in [0, 0.05) is 16.0 Å². The van der Waals surface area contributed by atoms with Crippen LogP contribution in [0.2, 0.25) is 0 Å². The zero-order valence-electron chi connectivity index (χ0n) is 11.4. The molecule has 4 heteroatoms. The summed E-state index contributed by atoms with van der Waals surface area (Å²) in [7, 11) is 0. The molecule has 0 bridgehead atoms. The average molecular weight is 295 g/mol. The summed E-state index contributed by atoms with van der Waals surface area (Å²) < 4.78 is 0. The highest BCUT2D eigenvalue weighted by molar-refractivity contribution is 7.19. The van der Waals surface area contributed by atoms with Gasteiger partial charge in [0.25, 0.3) is 0 Å². The summed E-state index contributed by atoms with van der Waals surface area (Å²) in [6, 6.07) is 19.7. The molecule has 3 rings (SSSR count). The van der Waals surface area contributed by atoms with Crippen LogP contribution < -0.4 is 0 Å². The Morgan fingerprint density at radius 3 is 1.95 bits per heavy atom. The Hall–Kier alpha value is -2.46. The molecule has 0 aliphatic heterocycles. The molecule has 2 aromatic carbocycles. The third-order valence-electron chi connectivity index (χ3n) is 3.39. The van der Waals surface area contributed by atoms with Gasteiger partial charge in [-0.15, -0.1) is 0 Å². The van der Waals surface area contributed by atoms with Crippen LogP contribution in [0.1, 0.15) is 5.56 Å². The molecule has 0 unspecified atom stereocenters. The zero-order chi connectivity index (χ0) is 14.8. The van der Waals surface area contributed by atoms with Crippen LogP contribution in [-0.2, 0) is 0 Å². The summed E-state index contributed by atoms with van der Waals surface area (Å²) in [4.78, 5) is 11.9. The smallest absolute Gasteiger partial charge is 0.258 e. The first-order valence-corrected chi connectivity index (χ1v) is 7.38. The topological polar surface area (TPSA) is 43.1 Å². The van der Waals surface area contributed by atoms with Gasteiger partial charge in [-0.2, -0.15) is 0 Å². The standard InChI is InChI=1S/C17H13NO2S/c1-12-15(13-8-4-2-5-9-13)16(21-17(12)18(19)20)14-10-6-3-7-11-14/h2-11H,1H3. The number of benzene rings is 2. The van der Waals surface area contributed by atoms with Crippen LogP contribution in [0.5, 0.6) is 0 Å². The third kappa shape index (κ3) is 2.45. The van der Waals surface area contributed by atoms with Crippen LogP contribution in [-0.4, -0.2) is 4.92 Å². The van der Waals surface area contributed by atoms with Gasteiger partial charge in [-0.3, -0.25) is 10.1 Å². The van der Waals surface area contributed by atoms with Crippen molar-refractivity contribution >= 4 is 16.3 Å². The maximum absolute atomic E-state index is 11.3. The predicted molar refractivity (Wildman–Crippen MR) is 86.6 cm³/mol. The van der Waals surface area contributed by atoms with E-state index in [0.29, 0.717) is 0 Å². The fraction of sp³-hybridized carbons (Fsp3) is 0.0588. The molecule has 104 valence electrons. The van der Waals surface area contributed by atoms with Crippen molar-refractivity contribution in [1.29, 1.82) is 0 Å². The lowest BCUT2D eigenvalue weighted by molar-refractivity contribution is -0.380. The summed E-state index contributed by atoms with van der Waals surface area (Å²) in [5, 5.41) is 11.5. The summed E-state index contributed by atoms with van der Waals surface area (Å²) in [5.41, 5.74) is 3.71. The largest absolute Gasteiger partial charge is 0.328 e. The monoisotopic (exact) mass is 295 g/mol. The van der Waals surface area contributed by atoms with Gasteiger partial charge in [0.05, 0.1) is 4.92 Å². The first-order chi connectivity index (χ1) is 10.2. The Morgan fingerprint density at radius 1 is 0.905 bits per heavy atom. The number of hydrogen-bond acceptors (Lipinski definition) is 3. The molecular formula is C17H13NO2S. The van der Waals surface area contributed by atoms with Crippen LogP contribution in [0.15, 0.2) is 60.7 Å². The van der Waals surface area contributed by atoms with Gasteiger partial charge >= 0.3 is 5.00 Å². The number of nitrogens with zero attached hydrogens (tertiary/aromatic N) is 1. The number of thiophene rings is 1. The van der Waals surface area contributed by atoms with E-state index in [0.717, 1.165) is 27.1 Å². The van der Waals surface area contributed by atoms with E-state index in [2.05, 4.69) is 0 Å². The van der Waals surface area contributed by atoms with E-state index >= 15 is 0 Å². The molecule has 0 saturated heterocycles. The van der Waals surface area contributed by atoms with Crippen molar-refractivity contribution in [1.82, 2.24) is 0 Å². The second kappa shape index (κ2) is 5.50. The maximum Gasteiger partial charge on any atom is 0.328 e.